The summed E-state index contributed by atoms with van der Waals surface area (Å²) < 4.78 is 0. The maximum atomic E-state index is 5.89. The van der Waals surface area contributed by atoms with Crippen molar-refractivity contribution in [2.75, 3.05) is 5.73 Å². The van der Waals surface area contributed by atoms with Gasteiger partial charge in [0.15, 0.2) is 0 Å². The van der Waals surface area contributed by atoms with E-state index in [0.29, 0.717) is 4.99 Å². The summed E-state index contributed by atoms with van der Waals surface area (Å²) in [6, 6.07) is 7.61. The molecule has 0 aliphatic carbocycles. The molecular weight excluding hydrogens is 232 g/mol. The predicted octanol–water partition coefficient (Wildman–Crippen LogP) is 2.09. The van der Waals surface area contributed by atoms with Crippen molar-refractivity contribution in [3.8, 4) is 0 Å². The normalized spacial score (nSPS) is 10.9. The van der Waals surface area contributed by atoms with Crippen LogP contribution in [-0.4, -0.2) is 16.2 Å². The highest BCUT2D eigenvalue weighted by atomic mass is 32.1. The highest BCUT2D eigenvalue weighted by molar-refractivity contribution is 7.80. The number of fused-ring (bicyclic) bond motifs is 1. The zero-order valence-corrected chi connectivity index (χ0v) is 10.2. The molecule has 1 aromatic carbocycles. The van der Waals surface area contributed by atoms with Gasteiger partial charge in [0.2, 0.25) is 0 Å². The van der Waals surface area contributed by atoms with Crippen molar-refractivity contribution in [2.24, 2.45) is 5.10 Å². The Morgan fingerprint density at radius 2 is 2.24 bits per heavy atom. The molecule has 17 heavy (non-hydrogen) atoms. The molecule has 0 aliphatic heterocycles. The molecule has 4 nitrogen and oxygen atoms in total. The van der Waals surface area contributed by atoms with Gasteiger partial charge in [-0.1, -0.05) is 24.4 Å². The molecule has 0 aliphatic rings. The van der Waals surface area contributed by atoms with Crippen LogP contribution in [0.1, 0.15) is 12.6 Å². The molecule has 0 saturated carbocycles. The summed E-state index contributed by atoms with van der Waals surface area (Å²) in [4.78, 5) is 4.87. The van der Waals surface area contributed by atoms with Gasteiger partial charge in [0.05, 0.1) is 16.9 Å². The van der Waals surface area contributed by atoms with Crippen molar-refractivity contribution < 1.29 is 0 Å². The first-order valence-electron chi connectivity index (χ1n) is 5.11. The Labute approximate surface area is 105 Å². The van der Waals surface area contributed by atoms with E-state index >= 15 is 0 Å². The molecule has 2 rings (SSSR count). The van der Waals surface area contributed by atoms with Crippen LogP contribution in [0.3, 0.4) is 0 Å². The third-order valence-corrected chi connectivity index (χ3v) is 2.37. The first-order valence-corrected chi connectivity index (χ1v) is 5.52. The van der Waals surface area contributed by atoms with E-state index in [2.05, 4.69) is 15.5 Å². The second-order valence-electron chi connectivity index (χ2n) is 3.56. The quantitative estimate of drug-likeness (QED) is 0.367. The number of nitrogen functional groups attached to an aromatic ring is 1. The number of hydrogen-bond donors (Lipinski definition) is 2. The number of nitrogens with two attached hydrogens (primary N) is 1. The van der Waals surface area contributed by atoms with E-state index in [4.69, 9.17) is 18.0 Å². The van der Waals surface area contributed by atoms with Crippen LogP contribution in [0.25, 0.3) is 10.8 Å². The summed E-state index contributed by atoms with van der Waals surface area (Å²) >= 11 is 4.86. The standard InChI is InChI=1S/C12H12N4S/c1-8(17)16-15-7-12-10-3-2-4-11(13)9(10)5-6-14-12/h2-7H,13H2,1H3,(H,16,17)/b15-7+. The topological polar surface area (TPSA) is 63.3 Å². The average Bonchev–Trinajstić information content (AvgIpc) is 2.30. The number of thiocarbonyl (C=S) groups is 1. The minimum Gasteiger partial charge on any atom is -0.398 e. The number of aromatic nitrogens is 1. The summed E-state index contributed by atoms with van der Waals surface area (Å²) in [5.74, 6) is 0. The van der Waals surface area contributed by atoms with Gasteiger partial charge in [0, 0.05) is 22.7 Å². The number of pyridine rings is 1. The SMILES string of the molecule is CC(=S)N/N=C/c1nccc2c(N)cccc12. The zero-order chi connectivity index (χ0) is 12.3. The molecule has 1 heterocycles. The smallest absolute Gasteiger partial charge is 0.0930 e. The second-order valence-corrected chi connectivity index (χ2v) is 4.18. The summed E-state index contributed by atoms with van der Waals surface area (Å²) in [5.41, 5.74) is 10.1. The van der Waals surface area contributed by atoms with E-state index < -0.39 is 0 Å². The first kappa shape index (κ1) is 11.5. The molecular formula is C12H12N4S. The summed E-state index contributed by atoms with van der Waals surface area (Å²) in [6.45, 7) is 1.77. The first-order chi connectivity index (χ1) is 8.18. The zero-order valence-electron chi connectivity index (χ0n) is 9.34. The van der Waals surface area contributed by atoms with Crippen molar-refractivity contribution in [3.05, 3.63) is 36.2 Å². The van der Waals surface area contributed by atoms with Gasteiger partial charge in [0.1, 0.15) is 0 Å². The highest BCUT2D eigenvalue weighted by Crippen LogP contribution is 2.21. The molecule has 0 unspecified atom stereocenters. The van der Waals surface area contributed by atoms with Gasteiger partial charge >= 0.3 is 0 Å². The lowest BCUT2D eigenvalue weighted by atomic mass is 10.1. The highest BCUT2D eigenvalue weighted by Gasteiger charge is 2.01. The van der Waals surface area contributed by atoms with Crippen LogP contribution in [0.4, 0.5) is 5.69 Å². The van der Waals surface area contributed by atoms with Gasteiger partial charge in [-0.05, 0) is 19.1 Å². The van der Waals surface area contributed by atoms with Gasteiger partial charge in [-0.15, -0.1) is 0 Å². The van der Waals surface area contributed by atoms with E-state index in [1.807, 2.05) is 24.3 Å². The van der Waals surface area contributed by atoms with Crippen molar-refractivity contribution in [1.29, 1.82) is 0 Å². The summed E-state index contributed by atoms with van der Waals surface area (Å²) in [7, 11) is 0. The third kappa shape index (κ3) is 2.57. The Balaban J connectivity index is 2.44. The number of rotatable bonds is 2. The summed E-state index contributed by atoms with van der Waals surface area (Å²) in [5, 5.41) is 5.95. The Kier molecular flexibility index (Phi) is 3.30. The van der Waals surface area contributed by atoms with Crippen LogP contribution in [0.15, 0.2) is 35.6 Å². The van der Waals surface area contributed by atoms with Gasteiger partial charge in [0.25, 0.3) is 0 Å². The van der Waals surface area contributed by atoms with Gasteiger partial charge in [-0.25, -0.2) is 0 Å². The molecule has 0 radical (unpaired) electrons. The largest absolute Gasteiger partial charge is 0.398 e. The lowest BCUT2D eigenvalue weighted by Gasteiger charge is -2.03. The van der Waals surface area contributed by atoms with Crippen LogP contribution in [0, 0.1) is 0 Å². The third-order valence-electron chi connectivity index (χ3n) is 2.28. The number of hydrazone groups is 1. The number of anilines is 1. The van der Waals surface area contributed by atoms with Crippen LogP contribution < -0.4 is 11.2 Å². The van der Waals surface area contributed by atoms with Crippen molar-refractivity contribution >= 4 is 39.9 Å². The van der Waals surface area contributed by atoms with E-state index in [1.165, 1.54) is 0 Å². The molecule has 5 heteroatoms. The van der Waals surface area contributed by atoms with Gasteiger partial charge in [-0.3, -0.25) is 10.4 Å². The van der Waals surface area contributed by atoms with Crippen molar-refractivity contribution in [1.82, 2.24) is 10.4 Å². The van der Waals surface area contributed by atoms with Gasteiger partial charge < -0.3 is 5.73 Å². The Morgan fingerprint density at radius 3 is 3.00 bits per heavy atom. The van der Waals surface area contributed by atoms with Crippen molar-refractivity contribution in [2.45, 2.75) is 6.92 Å². The van der Waals surface area contributed by atoms with Crippen LogP contribution >= 0.6 is 12.2 Å². The maximum absolute atomic E-state index is 5.89. The maximum Gasteiger partial charge on any atom is 0.0930 e. The predicted molar refractivity (Wildman–Crippen MR) is 75.2 cm³/mol. The number of benzene rings is 1. The molecule has 0 saturated heterocycles. The monoisotopic (exact) mass is 244 g/mol. The molecule has 3 N–H and O–H groups in total. The number of nitrogens with zero attached hydrogens (tertiary/aromatic N) is 2. The Bertz CT molecular complexity index is 592. The number of nitrogens with one attached hydrogen (secondary N) is 1. The molecule has 1 aromatic heterocycles. The fourth-order valence-electron chi connectivity index (χ4n) is 1.54. The van der Waals surface area contributed by atoms with Crippen molar-refractivity contribution in [3.63, 3.8) is 0 Å². The van der Waals surface area contributed by atoms with Gasteiger partial charge in [-0.2, -0.15) is 5.10 Å². The number of hydrogen-bond acceptors (Lipinski definition) is 4. The molecule has 0 amide bonds. The van der Waals surface area contributed by atoms with Crippen LogP contribution in [0.5, 0.6) is 0 Å². The van der Waals surface area contributed by atoms with E-state index in [-0.39, 0.29) is 0 Å². The molecule has 2 aromatic rings. The Hall–Kier alpha value is -2.01. The molecule has 0 spiro atoms. The minimum atomic E-state index is 0.612. The molecule has 0 atom stereocenters. The molecule has 86 valence electrons. The Morgan fingerprint density at radius 1 is 1.41 bits per heavy atom. The second kappa shape index (κ2) is 4.88. The molecule has 0 fully saturated rings. The van der Waals surface area contributed by atoms with E-state index in [0.717, 1.165) is 22.2 Å². The summed E-state index contributed by atoms with van der Waals surface area (Å²) in [6.07, 6.45) is 3.35. The van der Waals surface area contributed by atoms with E-state index in [9.17, 15) is 0 Å². The molecule has 0 bridgehead atoms. The lowest BCUT2D eigenvalue weighted by molar-refractivity contribution is 1.05. The minimum absolute atomic E-state index is 0.612. The fourth-order valence-corrected chi connectivity index (χ4v) is 1.59. The average molecular weight is 244 g/mol. The van der Waals surface area contributed by atoms with E-state index in [1.54, 1.807) is 19.3 Å². The van der Waals surface area contributed by atoms with Crippen LogP contribution in [0.2, 0.25) is 0 Å². The fraction of sp³-hybridized carbons (Fsp3) is 0.0833. The van der Waals surface area contributed by atoms with Crippen LogP contribution in [-0.2, 0) is 0 Å². The lowest BCUT2D eigenvalue weighted by Crippen LogP contribution is -2.10.